The van der Waals surface area contributed by atoms with Crippen molar-refractivity contribution in [2.75, 3.05) is 0 Å². The Morgan fingerprint density at radius 3 is 1.00 bits per heavy atom. The third-order valence-electron chi connectivity index (χ3n) is 3.91. The monoisotopic (exact) mass is 368 g/mol. The van der Waals surface area contributed by atoms with Crippen molar-refractivity contribution in [2.24, 2.45) is 0 Å². The molecule has 0 bridgehead atoms. The second-order valence-electron chi connectivity index (χ2n) is 8.54. The molecule has 2 aromatic carbocycles. The number of hydrogen-bond acceptors (Lipinski definition) is 0. The Hall–Kier alpha value is -1.82. The molecule has 0 heterocycles. The molecule has 0 atom stereocenters. The minimum atomic E-state index is 0.283. The van der Waals surface area contributed by atoms with Gasteiger partial charge in [-0.1, -0.05) is 110 Å². The first-order valence-electron chi connectivity index (χ1n) is 10.1. The van der Waals surface area contributed by atoms with Crippen LogP contribution in [0, 0.1) is 13.8 Å². The van der Waals surface area contributed by atoms with E-state index in [-0.39, 0.29) is 10.8 Å². The van der Waals surface area contributed by atoms with Crippen LogP contribution in [-0.2, 0) is 10.8 Å². The molecule has 0 heteroatoms. The number of benzene rings is 2. The SMILES string of the molecule is C=CC.CC.Cc1ccccc1C(C)(C)C.Cc1ccccc1C(C)(C)C. The van der Waals surface area contributed by atoms with Gasteiger partial charge in [-0.2, -0.15) is 0 Å². The van der Waals surface area contributed by atoms with Crippen molar-refractivity contribution in [3.8, 4) is 0 Å². The average Bonchev–Trinajstić information content (AvgIpc) is 2.57. The fourth-order valence-electron chi connectivity index (χ4n) is 2.83. The van der Waals surface area contributed by atoms with Crippen LogP contribution in [0.4, 0.5) is 0 Å². The Balaban J connectivity index is 0. The maximum absolute atomic E-state index is 3.36. The Kier molecular flexibility index (Phi) is 13.6. The lowest BCUT2D eigenvalue weighted by molar-refractivity contribution is 0.586. The van der Waals surface area contributed by atoms with Gasteiger partial charge in [0.1, 0.15) is 0 Å². The van der Waals surface area contributed by atoms with E-state index in [2.05, 4.69) is 110 Å². The molecular weight excluding hydrogens is 324 g/mol. The van der Waals surface area contributed by atoms with Gasteiger partial charge in [-0.3, -0.25) is 0 Å². The van der Waals surface area contributed by atoms with Crippen molar-refractivity contribution in [3.05, 3.63) is 83.4 Å². The quantitative estimate of drug-likeness (QED) is 0.407. The van der Waals surface area contributed by atoms with Crippen molar-refractivity contribution < 1.29 is 0 Å². The Morgan fingerprint density at radius 2 is 0.852 bits per heavy atom. The first kappa shape index (κ1) is 27.4. The highest BCUT2D eigenvalue weighted by Crippen LogP contribution is 2.25. The van der Waals surface area contributed by atoms with E-state index in [0.717, 1.165) is 0 Å². The molecule has 152 valence electrons. The van der Waals surface area contributed by atoms with Crippen LogP contribution in [0.2, 0.25) is 0 Å². The zero-order chi connectivity index (χ0) is 21.7. The number of aryl methyl sites for hydroxylation is 2. The molecule has 0 aliphatic heterocycles. The normalized spacial score (nSPS) is 10.2. The molecule has 0 radical (unpaired) electrons. The van der Waals surface area contributed by atoms with Crippen LogP contribution >= 0.6 is 0 Å². The van der Waals surface area contributed by atoms with E-state index in [1.54, 1.807) is 6.08 Å². The highest BCUT2D eigenvalue weighted by molar-refractivity contribution is 5.32. The van der Waals surface area contributed by atoms with Crippen LogP contribution in [0.5, 0.6) is 0 Å². The van der Waals surface area contributed by atoms with Gasteiger partial charge >= 0.3 is 0 Å². The maximum Gasteiger partial charge on any atom is -0.0129 e. The predicted molar refractivity (Wildman–Crippen MR) is 127 cm³/mol. The molecular formula is C27H44. The summed E-state index contributed by atoms with van der Waals surface area (Å²) in [4.78, 5) is 0. The lowest BCUT2D eigenvalue weighted by Crippen LogP contribution is -2.12. The molecule has 0 fully saturated rings. The third kappa shape index (κ3) is 11.5. The van der Waals surface area contributed by atoms with Gasteiger partial charge in [-0.25, -0.2) is 0 Å². The van der Waals surface area contributed by atoms with E-state index in [9.17, 15) is 0 Å². The Labute approximate surface area is 170 Å². The standard InChI is InChI=1S/2C11H16.C3H6.C2H6/c2*1-9-7-5-6-8-10(9)11(2,3)4;1-3-2;1-2/h2*5-8H,1-4H3;3H,1H2,2H3;1-2H3. The highest BCUT2D eigenvalue weighted by Gasteiger charge is 2.15. The smallest absolute Gasteiger partial charge is 0.0129 e. The minimum absolute atomic E-state index is 0.283. The molecule has 2 aromatic rings. The molecule has 0 aliphatic carbocycles. The van der Waals surface area contributed by atoms with Crippen LogP contribution < -0.4 is 0 Å². The zero-order valence-electron chi connectivity index (χ0n) is 19.9. The van der Waals surface area contributed by atoms with Crippen LogP contribution in [0.15, 0.2) is 61.2 Å². The van der Waals surface area contributed by atoms with E-state index in [4.69, 9.17) is 0 Å². The van der Waals surface area contributed by atoms with Crippen LogP contribution in [0.3, 0.4) is 0 Å². The number of allylic oxidation sites excluding steroid dienone is 1. The average molecular weight is 369 g/mol. The first-order valence-corrected chi connectivity index (χ1v) is 10.1. The highest BCUT2D eigenvalue weighted by atomic mass is 14.2. The topological polar surface area (TPSA) is 0 Å². The lowest BCUT2D eigenvalue weighted by Gasteiger charge is -2.21. The van der Waals surface area contributed by atoms with Gasteiger partial charge < -0.3 is 0 Å². The second-order valence-corrected chi connectivity index (χ2v) is 8.54. The van der Waals surface area contributed by atoms with Gasteiger partial charge in [0.05, 0.1) is 0 Å². The van der Waals surface area contributed by atoms with Gasteiger partial charge in [0.15, 0.2) is 0 Å². The Bertz CT molecular complexity index is 578. The minimum Gasteiger partial charge on any atom is -0.103 e. The molecule has 0 saturated heterocycles. The summed E-state index contributed by atoms with van der Waals surface area (Å²) in [5.74, 6) is 0. The molecule has 0 unspecified atom stereocenters. The van der Waals surface area contributed by atoms with Gasteiger partial charge in [-0.05, 0) is 53.9 Å². The summed E-state index contributed by atoms with van der Waals surface area (Å²) in [5, 5.41) is 0. The van der Waals surface area contributed by atoms with Gasteiger partial charge in [0.25, 0.3) is 0 Å². The number of hydrogen-bond donors (Lipinski definition) is 0. The summed E-state index contributed by atoms with van der Waals surface area (Å²) >= 11 is 0. The molecule has 0 N–H and O–H groups in total. The second kappa shape index (κ2) is 13.4. The van der Waals surface area contributed by atoms with Crippen molar-refractivity contribution in [1.29, 1.82) is 0 Å². The van der Waals surface area contributed by atoms with Crippen molar-refractivity contribution in [2.45, 2.75) is 87.0 Å². The van der Waals surface area contributed by atoms with Gasteiger partial charge in [0.2, 0.25) is 0 Å². The summed E-state index contributed by atoms with van der Waals surface area (Å²) in [6, 6.07) is 17.1. The van der Waals surface area contributed by atoms with Gasteiger partial charge in [-0.15, -0.1) is 6.58 Å². The molecule has 0 spiro atoms. The Morgan fingerprint density at radius 1 is 0.630 bits per heavy atom. The molecule has 0 saturated carbocycles. The van der Waals surface area contributed by atoms with Crippen LogP contribution in [0.25, 0.3) is 0 Å². The summed E-state index contributed by atoms with van der Waals surface area (Å²) in [6.45, 7) is 27.1. The molecule has 27 heavy (non-hydrogen) atoms. The zero-order valence-corrected chi connectivity index (χ0v) is 19.9. The molecule has 0 aromatic heterocycles. The summed E-state index contributed by atoms with van der Waals surface area (Å²) in [6.07, 6.45) is 1.75. The summed E-state index contributed by atoms with van der Waals surface area (Å²) < 4.78 is 0. The van der Waals surface area contributed by atoms with E-state index in [0.29, 0.717) is 0 Å². The summed E-state index contributed by atoms with van der Waals surface area (Å²) in [5.41, 5.74) is 6.23. The van der Waals surface area contributed by atoms with E-state index in [1.807, 2.05) is 20.8 Å². The van der Waals surface area contributed by atoms with Gasteiger partial charge in [0, 0.05) is 0 Å². The lowest BCUT2D eigenvalue weighted by atomic mass is 9.84. The van der Waals surface area contributed by atoms with Crippen molar-refractivity contribution in [1.82, 2.24) is 0 Å². The predicted octanol–water partition coefficient (Wildman–Crippen LogP) is 8.80. The molecule has 0 amide bonds. The fraction of sp³-hybridized carbons (Fsp3) is 0.481. The third-order valence-corrected chi connectivity index (χ3v) is 3.91. The van der Waals surface area contributed by atoms with Crippen LogP contribution in [0.1, 0.15) is 84.6 Å². The fourth-order valence-corrected chi connectivity index (χ4v) is 2.83. The molecule has 2 rings (SSSR count). The largest absolute Gasteiger partial charge is 0.103 e. The number of rotatable bonds is 0. The summed E-state index contributed by atoms with van der Waals surface area (Å²) in [7, 11) is 0. The first-order chi connectivity index (χ1) is 12.4. The van der Waals surface area contributed by atoms with Crippen molar-refractivity contribution in [3.63, 3.8) is 0 Å². The van der Waals surface area contributed by atoms with E-state index >= 15 is 0 Å². The molecule has 0 aliphatic rings. The van der Waals surface area contributed by atoms with E-state index in [1.165, 1.54) is 22.3 Å². The van der Waals surface area contributed by atoms with Crippen LogP contribution in [-0.4, -0.2) is 0 Å². The molecule has 0 nitrogen and oxygen atoms in total. The van der Waals surface area contributed by atoms with E-state index < -0.39 is 0 Å². The maximum atomic E-state index is 3.36. The van der Waals surface area contributed by atoms with Crippen molar-refractivity contribution >= 4 is 0 Å².